The van der Waals surface area contributed by atoms with Crippen LogP contribution in [0.3, 0.4) is 0 Å². The highest BCUT2D eigenvalue weighted by atomic mass is 79.9. The number of nitrogens with one attached hydrogen (secondary N) is 1. The summed E-state index contributed by atoms with van der Waals surface area (Å²) in [7, 11) is 0. The lowest BCUT2D eigenvalue weighted by Gasteiger charge is -2.36. The number of anilines is 1. The molecule has 0 radical (unpaired) electrons. The third-order valence-electron chi connectivity index (χ3n) is 11.3. The Hall–Kier alpha value is -3.15. The van der Waals surface area contributed by atoms with Crippen LogP contribution in [-0.4, -0.2) is 81.0 Å². The van der Waals surface area contributed by atoms with Crippen molar-refractivity contribution < 1.29 is 18.6 Å². The van der Waals surface area contributed by atoms with E-state index in [2.05, 4.69) is 36.0 Å². The number of halogens is 3. The van der Waals surface area contributed by atoms with Crippen molar-refractivity contribution in [3.8, 4) is 23.0 Å². The molecule has 5 fully saturated rings. The molecule has 2 aromatic heterocycles. The second-order valence-electron chi connectivity index (χ2n) is 14.2. The molecule has 5 aliphatic rings. The van der Waals surface area contributed by atoms with Gasteiger partial charge in [0.15, 0.2) is 5.82 Å². The fourth-order valence-corrected chi connectivity index (χ4v) is 10.0. The second-order valence-corrected chi connectivity index (χ2v) is 15.0. The Morgan fingerprint density at radius 2 is 1.87 bits per heavy atom. The first-order valence-corrected chi connectivity index (χ1v) is 17.5. The van der Waals surface area contributed by atoms with E-state index >= 15 is 4.39 Å². The maximum Gasteiger partial charge on any atom is 0.319 e. The molecule has 2 aromatic carbocycles. The topological polar surface area (TPSA) is 86.6 Å². The van der Waals surface area contributed by atoms with Crippen molar-refractivity contribution in [1.82, 2.24) is 25.2 Å². The summed E-state index contributed by atoms with van der Waals surface area (Å²) in [6.07, 6.45) is 9.04. The molecule has 1 aliphatic carbocycles. The van der Waals surface area contributed by atoms with Crippen molar-refractivity contribution in [2.24, 2.45) is 5.92 Å². The van der Waals surface area contributed by atoms with Gasteiger partial charge in [-0.25, -0.2) is 8.78 Å². The molecule has 1 saturated carbocycles. The van der Waals surface area contributed by atoms with Gasteiger partial charge in [0.2, 0.25) is 0 Å². The molecule has 2 N–H and O–H groups in total. The summed E-state index contributed by atoms with van der Waals surface area (Å²) in [5, 5.41) is 16.3. The Kier molecular flexibility index (Phi) is 6.91. The fourth-order valence-electron chi connectivity index (χ4n) is 9.45. The number of benzene rings is 2. The van der Waals surface area contributed by atoms with Crippen molar-refractivity contribution in [2.45, 2.75) is 81.2 Å². The van der Waals surface area contributed by atoms with Crippen molar-refractivity contribution >= 4 is 43.4 Å². The van der Waals surface area contributed by atoms with Crippen LogP contribution in [0.25, 0.3) is 32.9 Å². The summed E-state index contributed by atoms with van der Waals surface area (Å²) >= 11 is 3.62. The summed E-state index contributed by atoms with van der Waals surface area (Å²) < 4.78 is 39.1. The molecular formula is C35H37BrF2N6O2. The van der Waals surface area contributed by atoms with Crippen LogP contribution >= 0.6 is 15.9 Å². The van der Waals surface area contributed by atoms with Gasteiger partial charge in [-0.2, -0.15) is 9.97 Å². The number of rotatable bonds is 5. The molecule has 46 heavy (non-hydrogen) atoms. The van der Waals surface area contributed by atoms with E-state index < -0.39 is 12.0 Å². The zero-order valence-corrected chi connectivity index (χ0v) is 27.1. The summed E-state index contributed by atoms with van der Waals surface area (Å²) in [6.45, 7) is 2.23. The molecule has 4 aliphatic heterocycles. The number of phenols is 1. The first-order chi connectivity index (χ1) is 22.3. The van der Waals surface area contributed by atoms with Gasteiger partial charge in [0.05, 0.1) is 10.9 Å². The van der Waals surface area contributed by atoms with Crippen LogP contribution < -0.4 is 15.0 Å². The Balaban J connectivity index is 1.15. The number of aromatic hydroxyl groups is 1. The molecule has 240 valence electrons. The lowest BCUT2D eigenvalue weighted by Crippen LogP contribution is -2.51. The van der Waals surface area contributed by atoms with E-state index in [0.717, 1.165) is 54.0 Å². The maximum atomic E-state index is 16.9. The average Bonchev–Trinajstić information content (AvgIpc) is 3.66. The normalized spacial score (nSPS) is 30.7. The monoisotopic (exact) mass is 690 g/mol. The van der Waals surface area contributed by atoms with Gasteiger partial charge in [0, 0.05) is 65.8 Å². The molecule has 8 nitrogen and oxygen atoms in total. The van der Waals surface area contributed by atoms with Crippen molar-refractivity contribution in [3.05, 3.63) is 46.8 Å². The second kappa shape index (κ2) is 11.0. The molecule has 11 heteroatoms. The van der Waals surface area contributed by atoms with E-state index in [1.165, 1.54) is 19.3 Å². The number of fused-ring (bicyclic) bond motifs is 7. The molecule has 0 amide bonds. The first kappa shape index (κ1) is 29.0. The van der Waals surface area contributed by atoms with E-state index in [1.54, 1.807) is 18.3 Å². The predicted molar refractivity (Wildman–Crippen MR) is 177 cm³/mol. The number of phenolic OH excluding ortho intramolecular Hbond substituents is 1. The molecular weight excluding hydrogens is 654 g/mol. The molecule has 4 saturated heterocycles. The van der Waals surface area contributed by atoms with E-state index in [9.17, 15) is 9.50 Å². The number of ether oxygens (including phenoxy) is 1. The van der Waals surface area contributed by atoms with E-state index in [1.807, 2.05) is 18.2 Å². The minimum Gasteiger partial charge on any atom is -0.508 e. The van der Waals surface area contributed by atoms with Gasteiger partial charge in [0.1, 0.15) is 35.6 Å². The summed E-state index contributed by atoms with van der Waals surface area (Å²) in [5.74, 6) is 0.608. The van der Waals surface area contributed by atoms with E-state index in [0.29, 0.717) is 53.8 Å². The molecule has 2 unspecified atom stereocenters. The van der Waals surface area contributed by atoms with Gasteiger partial charge in [-0.1, -0.05) is 40.9 Å². The number of pyridine rings is 1. The molecule has 9 rings (SSSR count). The zero-order chi connectivity index (χ0) is 31.2. The Morgan fingerprint density at radius 1 is 1.04 bits per heavy atom. The lowest BCUT2D eigenvalue weighted by molar-refractivity contribution is 0.0775. The number of hydrogen-bond acceptors (Lipinski definition) is 8. The van der Waals surface area contributed by atoms with E-state index in [-0.39, 0.29) is 35.1 Å². The molecule has 4 aromatic rings. The Labute approximate surface area is 274 Å². The van der Waals surface area contributed by atoms with Crippen LogP contribution in [0.1, 0.15) is 51.4 Å². The number of aromatic nitrogens is 3. The highest BCUT2D eigenvalue weighted by molar-refractivity contribution is 9.10. The Bertz CT molecular complexity index is 1850. The smallest absolute Gasteiger partial charge is 0.319 e. The van der Waals surface area contributed by atoms with Crippen LogP contribution in [-0.2, 0) is 0 Å². The summed E-state index contributed by atoms with van der Waals surface area (Å²) in [4.78, 5) is 18.8. The van der Waals surface area contributed by atoms with Crippen molar-refractivity contribution in [2.75, 3.05) is 31.1 Å². The van der Waals surface area contributed by atoms with Crippen molar-refractivity contribution in [1.29, 1.82) is 0 Å². The van der Waals surface area contributed by atoms with Crippen LogP contribution in [0.4, 0.5) is 14.6 Å². The number of hydrogen-bond donors (Lipinski definition) is 2. The quantitative estimate of drug-likeness (QED) is 0.245. The predicted octanol–water partition coefficient (Wildman–Crippen LogP) is 6.52. The molecule has 2 bridgehead atoms. The molecule has 0 spiro atoms. The third-order valence-corrected chi connectivity index (χ3v) is 12.0. The highest BCUT2D eigenvalue weighted by Gasteiger charge is 2.57. The zero-order valence-electron chi connectivity index (χ0n) is 25.6. The average molecular weight is 692 g/mol. The van der Waals surface area contributed by atoms with Gasteiger partial charge in [-0.05, 0) is 61.6 Å². The van der Waals surface area contributed by atoms with Gasteiger partial charge < -0.3 is 20.1 Å². The third kappa shape index (κ3) is 4.67. The van der Waals surface area contributed by atoms with Crippen LogP contribution in [0.5, 0.6) is 11.8 Å². The number of nitrogens with zero attached hydrogens (tertiary/aromatic N) is 5. The maximum absolute atomic E-state index is 16.9. The fraction of sp³-hybridized carbons (Fsp3) is 0.514. The van der Waals surface area contributed by atoms with Crippen LogP contribution in [0, 0.1) is 11.7 Å². The van der Waals surface area contributed by atoms with Crippen molar-refractivity contribution in [3.63, 3.8) is 0 Å². The standard InChI is InChI=1S/C35H37BrF2N6O2/c36-27-6-3-5-19-10-24(45)11-25(29(19)27)31-30(38)32-26(14-39-31)33(43-16-22-8-9-23(17-43)40-22)42-34(41-32)46-18-35-12-20-4-1-2-7-28(20)44(35)15-21(37)13-35/h3,5-6,10-11,14,20-23,28,40,45H,1-2,4,7-9,12-13,15-18H2/t20-,21+,22?,23?,28-,35-/m0/s1. The largest absolute Gasteiger partial charge is 0.508 e. The van der Waals surface area contributed by atoms with E-state index in [4.69, 9.17) is 14.7 Å². The van der Waals surface area contributed by atoms with Crippen LogP contribution in [0.15, 0.2) is 41.0 Å². The Morgan fingerprint density at radius 3 is 2.72 bits per heavy atom. The van der Waals surface area contributed by atoms with Crippen LogP contribution in [0.2, 0.25) is 0 Å². The first-order valence-electron chi connectivity index (χ1n) is 16.7. The minimum absolute atomic E-state index is 0.0225. The highest BCUT2D eigenvalue weighted by Crippen LogP contribution is 2.51. The lowest BCUT2D eigenvalue weighted by atomic mass is 9.81. The van der Waals surface area contributed by atoms with Gasteiger partial charge >= 0.3 is 6.01 Å². The van der Waals surface area contributed by atoms with Gasteiger partial charge in [-0.3, -0.25) is 9.88 Å². The molecule has 6 heterocycles. The SMILES string of the molecule is Oc1cc(-c2ncc3c(N4CC5CCC(C4)N5)nc(OC[C@]45C[C@@H](F)CN4[C@H]4CCCC[C@H]4C5)nc3c2F)c2c(Br)cccc2c1. The number of piperazine rings is 1. The van der Waals surface area contributed by atoms with Gasteiger partial charge in [0.25, 0.3) is 0 Å². The molecule has 6 atom stereocenters. The minimum atomic E-state index is -0.876. The van der Waals surface area contributed by atoms with Gasteiger partial charge in [-0.15, -0.1) is 0 Å². The summed E-state index contributed by atoms with van der Waals surface area (Å²) in [5.41, 5.74) is 0.300. The number of alkyl halides is 1. The summed E-state index contributed by atoms with van der Waals surface area (Å²) in [6, 6.07) is 10.0.